The Bertz CT molecular complexity index is 553. The van der Waals surface area contributed by atoms with Crippen LogP contribution in [0.3, 0.4) is 0 Å². The number of benzene rings is 1. The number of hydrogen-bond acceptors (Lipinski definition) is 4. The Balaban J connectivity index is 2.13. The number of amidine groups is 1. The minimum Gasteiger partial charge on any atom is -0.456 e. The summed E-state index contributed by atoms with van der Waals surface area (Å²) < 4.78 is 5.54. The molecule has 0 unspecified atom stereocenters. The summed E-state index contributed by atoms with van der Waals surface area (Å²) in [6.07, 6.45) is 1.49. The summed E-state index contributed by atoms with van der Waals surface area (Å²) in [6, 6.07) is 10.2. The number of hydrogen-bond donors (Lipinski definition) is 2. The van der Waals surface area contributed by atoms with Crippen molar-refractivity contribution in [3.63, 3.8) is 0 Å². The van der Waals surface area contributed by atoms with E-state index in [1.165, 1.54) is 6.20 Å². The molecule has 0 aliphatic heterocycles. The van der Waals surface area contributed by atoms with Crippen molar-refractivity contribution in [3.05, 3.63) is 53.3 Å². The van der Waals surface area contributed by atoms with Crippen molar-refractivity contribution < 1.29 is 9.94 Å². The summed E-state index contributed by atoms with van der Waals surface area (Å²) >= 11 is 5.77. The fourth-order valence-electron chi connectivity index (χ4n) is 1.28. The molecule has 1 aromatic heterocycles. The molecule has 1 aromatic carbocycles. The lowest BCUT2D eigenvalue weighted by Crippen LogP contribution is -2.14. The van der Waals surface area contributed by atoms with Crippen LogP contribution in [0.1, 0.15) is 5.69 Å². The molecule has 1 heterocycles. The molecular weight excluding hydrogens is 254 g/mol. The molecule has 2 rings (SSSR count). The average Bonchev–Trinajstić information content (AvgIpc) is 2.41. The molecule has 0 bridgehead atoms. The van der Waals surface area contributed by atoms with Gasteiger partial charge in [0.2, 0.25) is 0 Å². The minimum atomic E-state index is -0.0481. The van der Waals surface area contributed by atoms with Crippen molar-refractivity contribution in [2.45, 2.75) is 0 Å². The van der Waals surface area contributed by atoms with Gasteiger partial charge in [-0.25, -0.2) is 4.98 Å². The van der Waals surface area contributed by atoms with E-state index in [0.717, 1.165) is 0 Å². The lowest BCUT2D eigenvalue weighted by Gasteiger charge is -2.05. The first-order valence-corrected chi connectivity index (χ1v) is 5.44. The van der Waals surface area contributed by atoms with Crippen LogP contribution in [0.5, 0.6) is 11.5 Å². The van der Waals surface area contributed by atoms with Gasteiger partial charge in [0.1, 0.15) is 17.2 Å². The van der Waals surface area contributed by atoms with Gasteiger partial charge in [0.05, 0.1) is 6.20 Å². The number of ether oxygens (including phenoxy) is 1. The summed E-state index contributed by atoms with van der Waals surface area (Å²) in [5.41, 5.74) is 5.77. The normalized spacial score (nSPS) is 11.3. The Morgan fingerprint density at radius 3 is 2.39 bits per heavy atom. The molecule has 0 saturated heterocycles. The van der Waals surface area contributed by atoms with Crippen molar-refractivity contribution in [2.24, 2.45) is 10.9 Å². The van der Waals surface area contributed by atoms with Crippen molar-refractivity contribution in [3.8, 4) is 11.5 Å². The third-order valence-electron chi connectivity index (χ3n) is 2.16. The van der Waals surface area contributed by atoms with E-state index in [9.17, 15) is 0 Å². The molecule has 0 aliphatic rings. The summed E-state index contributed by atoms with van der Waals surface area (Å²) in [5.74, 6) is 1.15. The Kier molecular flexibility index (Phi) is 3.64. The van der Waals surface area contributed by atoms with Gasteiger partial charge in [0, 0.05) is 5.02 Å². The number of oxime groups is 1. The zero-order chi connectivity index (χ0) is 13.0. The molecule has 92 valence electrons. The molecule has 5 nitrogen and oxygen atoms in total. The quantitative estimate of drug-likeness (QED) is 0.386. The van der Waals surface area contributed by atoms with Crippen LogP contribution in [-0.4, -0.2) is 16.0 Å². The smallest absolute Gasteiger partial charge is 0.188 e. The fourth-order valence-corrected chi connectivity index (χ4v) is 1.41. The van der Waals surface area contributed by atoms with Crippen LogP contribution in [0, 0.1) is 0 Å². The highest BCUT2D eigenvalue weighted by Crippen LogP contribution is 2.22. The van der Waals surface area contributed by atoms with Crippen LogP contribution >= 0.6 is 11.6 Å². The minimum absolute atomic E-state index is 0.0481. The van der Waals surface area contributed by atoms with Crippen molar-refractivity contribution in [1.82, 2.24) is 4.98 Å². The fraction of sp³-hybridized carbons (Fsp3) is 0. The van der Waals surface area contributed by atoms with Gasteiger partial charge in [0.25, 0.3) is 0 Å². The first kappa shape index (κ1) is 12.2. The molecule has 0 saturated carbocycles. The Morgan fingerprint density at radius 2 is 1.83 bits per heavy atom. The molecule has 3 N–H and O–H groups in total. The number of nitrogens with two attached hydrogens (primary N) is 1. The molecule has 0 atom stereocenters. The van der Waals surface area contributed by atoms with Gasteiger partial charge in [-0.05, 0) is 36.4 Å². The summed E-state index contributed by atoms with van der Waals surface area (Å²) in [4.78, 5) is 4.00. The molecule has 0 amide bonds. The molecule has 0 fully saturated rings. The van der Waals surface area contributed by atoms with E-state index in [2.05, 4.69) is 10.1 Å². The third kappa shape index (κ3) is 2.89. The standard InChI is InChI=1S/C12H10ClN3O2/c13-8-1-3-9(4-2-8)18-10-5-6-11(15-7-10)12(14)16-17/h1-7,17H,(H2,14,16). The van der Waals surface area contributed by atoms with E-state index in [1.54, 1.807) is 36.4 Å². The van der Waals surface area contributed by atoms with Crippen molar-refractivity contribution in [1.29, 1.82) is 0 Å². The molecule has 0 radical (unpaired) electrons. The number of nitrogens with zero attached hydrogens (tertiary/aromatic N) is 2. The van der Waals surface area contributed by atoms with Crippen LogP contribution in [0.25, 0.3) is 0 Å². The highest BCUT2D eigenvalue weighted by Gasteiger charge is 2.02. The largest absolute Gasteiger partial charge is 0.456 e. The first-order chi connectivity index (χ1) is 8.69. The molecule has 18 heavy (non-hydrogen) atoms. The second kappa shape index (κ2) is 5.37. The number of pyridine rings is 1. The van der Waals surface area contributed by atoms with Gasteiger partial charge in [-0.3, -0.25) is 0 Å². The maximum atomic E-state index is 8.50. The van der Waals surface area contributed by atoms with E-state index in [-0.39, 0.29) is 5.84 Å². The number of rotatable bonds is 3. The first-order valence-electron chi connectivity index (χ1n) is 5.06. The monoisotopic (exact) mass is 263 g/mol. The molecular formula is C12H10ClN3O2. The second-order valence-corrected chi connectivity index (χ2v) is 3.86. The summed E-state index contributed by atoms with van der Waals surface area (Å²) in [6.45, 7) is 0. The third-order valence-corrected chi connectivity index (χ3v) is 2.41. The van der Waals surface area contributed by atoms with Gasteiger partial charge in [-0.1, -0.05) is 16.8 Å². The molecule has 6 heteroatoms. The zero-order valence-electron chi connectivity index (χ0n) is 9.25. The predicted octanol–water partition coefficient (Wildman–Crippen LogP) is 2.62. The molecule has 0 aliphatic carbocycles. The second-order valence-electron chi connectivity index (χ2n) is 3.42. The van der Waals surface area contributed by atoms with E-state index in [0.29, 0.717) is 22.2 Å². The topological polar surface area (TPSA) is 80.7 Å². The van der Waals surface area contributed by atoms with Gasteiger partial charge in [-0.2, -0.15) is 0 Å². The average molecular weight is 264 g/mol. The van der Waals surface area contributed by atoms with E-state index < -0.39 is 0 Å². The highest BCUT2D eigenvalue weighted by molar-refractivity contribution is 6.30. The van der Waals surface area contributed by atoms with Crippen LogP contribution in [0.15, 0.2) is 47.8 Å². The van der Waals surface area contributed by atoms with E-state index in [1.807, 2.05) is 0 Å². The van der Waals surface area contributed by atoms with Crippen molar-refractivity contribution in [2.75, 3.05) is 0 Å². The van der Waals surface area contributed by atoms with Gasteiger partial charge in [0.15, 0.2) is 5.84 Å². The van der Waals surface area contributed by atoms with Crippen LogP contribution in [0.4, 0.5) is 0 Å². The van der Waals surface area contributed by atoms with Crippen LogP contribution in [0.2, 0.25) is 5.02 Å². The van der Waals surface area contributed by atoms with Gasteiger partial charge in [-0.15, -0.1) is 0 Å². The molecule has 0 spiro atoms. The van der Waals surface area contributed by atoms with Gasteiger partial charge >= 0.3 is 0 Å². The lowest BCUT2D eigenvalue weighted by atomic mass is 10.3. The zero-order valence-corrected chi connectivity index (χ0v) is 10.0. The van der Waals surface area contributed by atoms with Crippen LogP contribution < -0.4 is 10.5 Å². The van der Waals surface area contributed by atoms with E-state index >= 15 is 0 Å². The van der Waals surface area contributed by atoms with Crippen LogP contribution in [-0.2, 0) is 0 Å². The Hall–Kier alpha value is -2.27. The predicted molar refractivity (Wildman–Crippen MR) is 68.3 cm³/mol. The van der Waals surface area contributed by atoms with Crippen molar-refractivity contribution >= 4 is 17.4 Å². The SMILES string of the molecule is N/C(=N/O)c1ccc(Oc2ccc(Cl)cc2)cn1. The Morgan fingerprint density at radius 1 is 1.17 bits per heavy atom. The molecule has 2 aromatic rings. The number of halogens is 1. The van der Waals surface area contributed by atoms with E-state index in [4.69, 9.17) is 27.3 Å². The van der Waals surface area contributed by atoms with Gasteiger partial charge < -0.3 is 15.7 Å². The maximum Gasteiger partial charge on any atom is 0.188 e. The maximum absolute atomic E-state index is 8.50. The summed E-state index contributed by atoms with van der Waals surface area (Å²) in [5, 5.41) is 12.0. The highest BCUT2D eigenvalue weighted by atomic mass is 35.5. The Labute approximate surface area is 108 Å². The lowest BCUT2D eigenvalue weighted by molar-refractivity contribution is 0.318. The number of aromatic nitrogens is 1. The summed E-state index contributed by atoms with van der Waals surface area (Å²) in [7, 11) is 0.